The first kappa shape index (κ1) is 19.9. The van der Waals surface area contributed by atoms with E-state index >= 15 is 0 Å². The number of carbonyl (C=O) groups is 1. The van der Waals surface area contributed by atoms with Crippen molar-refractivity contribution < 1.29 is 14.1 Å². The summed E-state index contributed by atoms with van der Waals surface area (Å²) in [6, 6.07) is -0.126. The Morgan fingerprint density at radius 2 is 2.03 bits per heavy atom. The van der Waals surface area contributed by atoms with Gasteiger partial charge in [-0.15, -0.1) is 0 Å². The maximum absolute atomic E-state index is 13.1. The number of carbonyl (C=O) groups excluding carboxylic acids is 1. The van der Waals surface area contributed by atoms with Crippen molar-refractivity contribution >= 4 is 5.91 Å². The Labute approximate surface area is 180 Å². The fourth-order valence-corrected chi connectivity index (χ4v) is 4.27. The van der Waals surface area contributed by atoms with Crippen LogP contribution in [0.4, 0.5) is 0 Å². The number of morpholine rings is 1. The average Bonchev–Trinajstić information content (AvgIpc) is 3.36. The summed E-state index contributed by atoms with van der Waals surface area (Å²) in [6.07, 6.45) is 11.6. The smallest absolute Gasteiger partial charge is 0.276 e. The van der Waals surface area contributed by atoms with Gasteiger partial charge in [0.2, 0.25) is 0 Å². The number of hydrazine groups is 1. The number of fused-ring (bicyclic) bond motifs is 1. The van der Waals surface area contributed by atoms with E-state index in [0.29, 0.717) is 11.5 Å². The highest BCUT2D eigenvalue weighted by Crippen LogP contribution is 2.28. The van der Waals surface area contributed by atoms with E-state index in [9.17, 15) is 4.79 Å². The third-order valence-electron chi connectivity index (χ3n) is 5.87. The van der Waals surface area contributed by atoms with Crippen LogP contribution in [-0.2, 0) is 9.53 Å². The van der Waals surface area contributed by atoms with Crippen LogP contribution in [-0.4, -0.2) is 59.6 Å². The van der Waals surface area contributed by atoms with Gasteiger partial charge in [-0.25, -0.2) is 5.43 Å². The van der Waals surface area contributed by atoms with Crippen molar-refractivity contribution in [3.05, 3.63) is 65.1 Å². The molecular weight excluding hydrogens is 398 g/mol. The third kappa shape index (κ3) is 3.85. The number of ether oxygens (including phenoxy) is 1. The largest absolute Gasteiger partial charge is 0.379 e. The number of nitrogens with one attached hydrogen (secondary N) is 4. The van der Waals surface area contributed by atoms with Gasteiger partial charge in [0, 0.05) is 24.9 Å². The molecule has 0 aromatic carbocycles. The lowest BCUT2D eigenvalue weighted by molar-refractivity contribution is -0.119. The lowest BCUT2D eigenvalue weighted by atomic mass is 10.0. The van der Waals surface area contributed by atoms with E-state index in [0.717, 1.165) is 43.3 Å². The Balaban J connectivity index is 1.25. The van der Waals surface area contributed by atoms with Crippen LogP contribution >= 0.6 is 0 Å². The van der Waals surface area contributed by atoms with E-state index in [2.05, 4.69) is 43.6 Å². The summed E-state index contributed by atoms with van der Waals surface area (Å²) in [4.78, 5) is 15.4. The van der Waals surface area contributed by atoms with Crippen LogP contribution in [0.2, 0.25) is 0 Å². The number of aryl methyl sites for hydroxylation is 2. The molecule has 3 atom stereocenters. The standard InChI is InChI=1S/C21H27N7O3/c1-13-20(14(2)31-26-13)15-6-7-18-22-12-16(28(18)25-15)21(29)24-17-4-3-5-19(23-17)27-8-10-30-11-9-27/h3-7,12,15,18-19,22-23,25H,8-11H2,1-2H3,(H,24,29). The van der Waals surface area contributed by atoms with Gasteiger partial charge in [-0.3, -0.25) is 14.7 Å². The lowest BCUT2D eigenvalue weighted by Gasteiger charge is -2.36. The highest BCUT2D eigenvalue weighted by molar-refractivity contribution is 5.94. The van der Waals surface area contributed by atoms with Crippen LogP contribution in [0.25, 0.3) is 0 Å². The normalized spacial score (nSPS) is 27.8. The Kier molecular flexibility index (Phi) is 5.26. The molecule has 1 aromatic heterocycles. The zero-order valence-electron chi connectivity index (χ0n) is 17.6. The number of amides is 1. The monoisotopic (exact) mass is 425 g/mol. The summed E-state index contributed by atoms with van der Waals surface area (Å²) < 4.78 is 10.7. The number of allylic oxidation sites excluding steroid dienone is 2. The molecule has 4 N–H and O–H groups in total. The minimum absolute atomic E-state index is 0.0348. The Bertz CT molecular complexity index is 954. The van der Waals surface area contributed by atoms with Gasteiger partial charge in [0.05, 0.1) is 24.9 Å². The van der Waals surface area contributed by atoms with Crippen molar-refractivity contribution in [2.45, 2.75) is 32.2 Å². The number of hydrogen-bond donors (Lipinski definition) is 4. The predicted octanol–water partition coefficient (Wildman–Crippen LogP) is 0.255. The molecule has 1 saturated heterocycles. The molecule has 0 saturated carbocycles. The first-order valence-corrected chi connectivity index (χ1v) is 10.5. The summed E-state index contributed by atoms with van der Waals surface area (Å²) in [5.41, 5.74) is 5.73. The number of rotatable bonds is 4. The van der Waals surface area contributed by atoms with Gasteiger partial charge in [0.1, 0.15) is 29.6 Å². The molecule has 5 heterocycles. The SMILES string of the molecule is Cc1noc(C)c1C1C=CC2NC=C(C(=O)NC3=CC=CC(N4CCOCC4)N3)N2N1. The summed E-state index contributed by atoms with van der Waals surface area (Å²) in [5, 5.41) is 15.5. The van der Waals surface area contributed by atoms with Gasteiger partial charge in [-0.2, -0.15) is 0 Å². The second kappa shape index (κ2) is 8.22. The number of hydrogen-bond acceptors (Lipinski definition) is 9. The van der Waals surface area contributed by atoms with Gasteiger partial charge in [-0.1, -0.05) is 17.3 Å². The summed E-state index contributed by atoms with van der Waals surface area (Å²) >= 11 is 0. The molecule has 5 rings (SSSR count). The van der Waals surface area contributed by atoms with Crippen LogP contribution < -0.4 is 21.4 Å². The van der Waals surface area contributed by atoms with Crippen LogP contribution in [0.15, 0.2) is 52.6 Å². The Morgan fingerprint density at radius 3 is 2.81 bits per heavy atom. The molecule has 164 valence electrons. The van der Waals surface area contributed by atoms with E-state index < -0.39 is 0 Å². The highest BCUT2D eigenvalue weighted by Gasteiger charge is 2.35. The fraction of sp³-hybridized carbons (Fsp3) is 0.429. The lowest BCUT2D eigenvalue weighted by Crippen LogP contribution is -2.53. The number of nitrogens with zero attached hydrogens (tertiary/aromatic N) is 3. The molecule has 4 aliphatic heterocycles. The molecule has 10 nitrogen and oxygen atoms in total. The highest BCUT2D eigenvalue weighted by atomic mass is 16.5. The van der Waals surface area contributed by atoms with Crippen LogP contribution in [0.3, 0.4) is 0 Å². The zero-order chi connectivity index (χ0) is 21.4. The van der Waals surface area contributed by atoms with E-state index in [1.54, 1.807) is 6.20 Å². The van der Waals surface area contributed by atoms with E-state index in [4.69, 9.17) is 9.26 Å². The minimum atomic E-state index is -0.204. The minimum Gasteiger partial charge on any atom is -0.379 e. The van der Waals surface area contributed by atoms with Crippen molar-refractivity contribution in [3.63, 3.8) is 0 Å². The molecule has 10 heteroatoms. The molecule has 1 amide bonds. The van der Waals surface area contributed by atoms with Crippen molar-refractivity contribution in [2.24, 2.45) is 0 Å². The van der Waals surface area contributed by atoms with Crippen molar-refractivity contribution in [3.8, 4) is 0 Å². The van der Waals surface area contributed by atoms with Crippen molar-refractivity contribution in [1.29, 1.82) is 0 Å². The first-order chi connectivity index (χ1) is 15.1. The quantitative estimate of drug-likeness (QED) is 0.505. The van der Waals surface area contributed by atoms with Crippen LogP contribution in [0.1, 0.15) is 23.1 Å². The van der Waals surface area contributed by atoms with Gasteiger partial charge in [0.15, 0.2) is 0 Å². The second-order valence-electron chi connectivity index (χ2n) is 7.90. The zero-order valence-corrected chi connectivity index (χ0v) is 17.6. The number of dihydropyridines is 1. The van der Waals surface area contributed by atoms with Crippen molar-refractivity contribution in [2.75, 3.05) is 26.3 Å². The summed E-state index contributed by atoms with van der Waals surface area (Å²) in [6.45, 7) is 6.96. The average molecular weight is 425 g/mol. The third-order valence-corrected chi connectivity index (χ3v) is 5.87. The maximum atomic E-state index is 13.1. The van der Waals surface area contributed by atoms with Gasteiger partial charge < -0.3 is 25.2 Å². The van der Waals surface area contributed by atoms with Crippen LogP contribution in [0, 0.1) is 13.8 Å². The molecule has 3 unspecified atom stereocenters. The van der Waals surface area contributed by atoms with Gasteiger partial charge >= 0.3 is 0 Å². The van der Waals surface area contributed by atoms with E-state index in [1.807, 2.05) is 37.1 Å². The molecule has 1 fully saturated rings. The summed E-state index contributed by atoms with van der Waals surface area (Å²) in [7, 11) is 0. The van der Waals surface area contributed by atoms with E-state index in [1.165, 1.54) is 0 Å². The Hall–Kier alpha value is -3.08. The number of aromatic nitrogens is 1. The molecule has 31 heavy (non-hydrogen) atoms. The Morgan fingerprint density at radius 1 is 1.19 bits per heavy atom. The van der Waals surface area contributed by atoms with Crippen LogP contribution in [0.5, 0.6) is 0 Å². The predicted molar refractivity (Wildman–Crippen MR) is 113 cm³/mol. The molecule has 1 aromatic rings. The van der Waals surface area contributed by atoms with Crippen molar-refractivity contribution in [1.82, 2.24) is 36.4 Å². The molecule has 0 aliphatic carbocycles. The fourth-order valence-electron chi connectivity index (χ4n) is 4.27. The summed E-state index contributed by atoms with van der Waals surface area (Å²) in [5.74, 6) is 1.23. The van der Waals surface area contributed by atoms with E-state index in [-0.39, 0.29) is 24.3 Å². The first-order valence-electron chi connectivity index (χ1n) is 10.5. The molecule has 0 radical (unpaired) electrons. The molecular formula is C21H27N7O3. The topological polar surface area (TPSA) is 107 Å². The molecule has 4 aliphatic rings. The molecule has 0 bridgehead atoms. The van der Waals surface area contributed by atoms with Gasteiger partial charge in [-0.05, 0) is 32.1 Å². The second-order valence-corrected chi connectivity index (χ2v) is 7.90. The van der Waals surface area contributed by atoms with Gasteiger partial charge in [0.25, 0.3) is 5.91 Å². The molecule has 0 spiro atoms. The maximum Gasteiger partial charge on any atom is 0.276 e.